The number of thioether (sulfide) groups is 1. The molecule has 7 heteroatoms. The summed E-state index contributed by atoms with van der Waals surface area (Å²) in [7, 11) is 1.76. The normalized spacial score (nSPS) is 11.8. The van der Waals surface area contributed by atoms with Crippen molar-refractivity contribution in [2.24, 2.45) is 0 Å². The van der Waals surface area contributed by atoms with Crippen LogP contribution in [0, 0.1) is 0 Å². The molecule has 134 valence electrons. The number of carbonyl (C=O) groups excluding carboxylic acids is 2. The van der Waals surface area contributed by atoms with Crippen LogP contribution in [0.4, 0.5) is 0 Å². The van der Waals surface area contributed by atoms with Crippen LogP contribution >= 0.6 is 34.7 Å². The molecule has 1 N–H and O–H groups in total. The van der Waals surface area contributed by atoms with Gasteiger partial charge in [-0.2, -0.15) is 11.8 Å². The second-order valence-electron chi connectivity index (χ2n) is 5.56. The summed E-state index contributed by atoms with van der Waals surface area (Å²) in [5, 5.41) is 5.21. The lowest BCUT2D eigenvalue weighted by Gasteiger charge is -2.24. The van der Waals surface area contributed by atoms with Gasteiger partial charge in [0.2, 0.25) is 5.91 Å². The third kappa shape index (κ3) is 5.76. The topological polar surface area (TPSA) is 49.4 Å². The fourth-order valence-electron chi connectivity index (χ4n) is 2.35. The summed E-state index contributed by atoms with van der Waals surface area (Å²) in [5.41, 5.74) is 0.382. The van der Waals surface area contributed by atoms with E-state index in [0.29, 0.717) is 23.6 Å². The van der Waals surface area contributed by atoms with E-state index < -0.39 is 6.04 Å². The standard InChI is InChI=1S/C18H21ClN2O2S2/c1-21(12-13-6-5-10-25-13)18(23)16(9-11-24-2)20-17(22)14-7-3-4-8-15(14)19/h3-8,10,16H,9,11-12H2,1-2H3,(H,20,22)/t16-/m1/s1. The molecule has 25 heavy (non-hydrogen) atoms. The molecule has 0 fully saturated rings. The van der Waals surface area contributed by atoms with E-state index in [4.69, 9.17) is 11.6 Å². The molecule has 0 aliphatic rings. The van der Waals surface area contributed by atoms with Gasteiger partial charge < -0.3 is 10.2 Å². The van der Waals surface area contributed by atoms with Crippen molar-refractivity contribution in [3.8, 4) is 0 Å². The summed E-state index contributed by atoms with van der Waals surface area (Å²) in [5.74, 6) is 0.365. The van der Waals surface area contributed by atoms with Gasteiger partial charge in [0.25, 0.3) is 5.91 Å². The molecule has 0 radical (unpaired) electrons. The predicted molar refractivity (Wildman–Crippen MR) is 106 cm³/mol. The maximum absolute atomic E-state index is 12.8. The highest BCUT2D eigenvalue weighted by molar-refractivity contribution is 7.98. The molecule has 2 rings (SSSR count). The Kier molecular flexibility index (Phi) is 7.81. The molecule has 0 unspecified atom stereocenters. The van der Waals surface area contributed by atoms with E-state index in [9.17, 15) is 9.59 Å². The molecule has 0 saturated carbocycles. The van der Waals surface area contributed by atoms with E-state index in [1.807, 2.05) is 23.8 Å². The minimum absolute atomic E-state index is 0.0946. The van der Waals surface area contributed by atoms with Gasteiger partial charge in [-0.1, -0.05) is 29.8 Å². The molecule has 2 amide bonds. The zero-order valence-electron chi connectivity index (χ0n) is 14.2. The first-order valence-electron chi connectivity index (χ1n) is 7.84. The fraction of sp³-hybridized carbons (Fsp3) is 0.333. The summed E-state index contributed by atoms with van der Waals surface area (Å²) in [4.78, 5) is 28.1. The average molecular weight is 397 g/mol. The maximum Gasteiger partial charge on any atom is 0.253 e. The van der Waals surface area contributed by atoms with Gasteiger partial charge in [0.05, 0.1) is 17.1 Å². The number of rotatable bonds is 8. The Bertz CT molecular complexity index is 707. The Hall–Kier alpha value is -1.50. The van der Waals surface area contributed by atoms with Crippen LogP contribution in [0.1, 0.15) is 21.7 Å². The zero-order chi connectivity index (χ0) is 18.2. The molecule has 1 heterocycles. The fourth-order valence-corrected chi connectivity index (χ4v) is 3.80. The minimum atomic E-state index is -0.568. The van der Waals surface area contributed by atoms with Gasteiger partial charge >= 0.3 is 0 Å². The SMILES string of the molecule is CSCC[C@@H](NC(=O)c1ccccc1Cl)C(=O)N(C)Cc1cccs1. The third-order valence-corrected chi connectivity index (χ3v) is 5.52. The average Bonchev–Trinajstić information content (AvgIpc) is 3.11. The van der Waals surface area contributed by atoms with Crippen molar-refractivity contribution in [3.05, 3.63) is 57.2 Å². The minimum Gasteiger partial charge on any atom is -0.340 e. The van der Waals surface area contributed by atoms with Crippen LogP contribution < -0.4 is 5.32 Å². The van der Waals surface area contributed by atoms with E-state index >= 15 is 0 Å². The lowest BCUT2D eigenvalue weighted by Crippen LogP contribution is -2.47. The summed E-state index contributed by atoms with van der Waals surface area (Å²) >= 11 is 9.34. The van der Waals surface area contributed by atoms with Gasteiger partial charge in [-0.15, -0.1) is 11.3 Å². The molecular formula is C18H21ClN2O2S2. The lowest BCUT2D eigenvalue weighted by molar-refractivity contribution is -0.132. The number of halogens is 1. The number of likely N-dealkylation sites (N-methyl/N-ethyl adjacent to an activating group) is 1. The van der Waals surface area contributed by atoms with Crippen molar-refractivity contribution < 1.29 is 9.59 Å². The molecular weight excluding hydrogens is 376 g/mol. The number of hydrogen-bond acceptors (Lipinski definition) is 4. The second-order valence-corrected chi connectivity index (χ2v) is 7.99. The monoisotopic (exact) mass is 396 g/mol. The van der Waals surface area contributed by atoms with Crippen molar-refractivity contribution in [1.82, 2.24) is 10.2 Å². The molecule has 2 aromatic rings. The molecule has 0 saturated heterocycles. The zero-order valence-corrected chi connectivity index (χ0v) is 16.6. The Labute approximate surface area is 161 Å². The largest absolute Gasteiger partial charge is 0.340 e. The highest BCUT2D eigenvalue weighted by Crippen LogP contribution is 2.16. The molecule has 1 atom stereocenters. The van der Waals surface area contributed by atoms with Crippen LogP contribution in [0.5, 0.6) is 0 Å². The first-order chi connectivity index (χ1) is 12.0. The molecule has 0 spiro atoms. The Morgan fingerprint density at radius 3 is 2.68 bits per heavy atom. The number of nitrogens with one attached hydrogen (secondary N) is 1. The quantitative estimate of drug-likeness (QED) is 0.735. The van der Waals surface area contributed by atoms with Gasteiger partial charge in [-0.05, 0) is 42.0 Å². The van der Waals surface area contributed by atoms with E-state index in [1.54, 1.807) is 59.3 Å². The first-order valence-corrected chi connectivity index (χ1v) is 10.5. The van der Waals surface area contributed by atoms with Crippen molar-refractivity contribution in [1.29, 1.82) is 0 Å². The lowest BCUT2D eigenvalue weighted by atomic mass is 10.1. The molecule has 0 bridgehead atoms. The molecule has 1 aromatic heterocycles. The predicted octanol–water partition coefficient (Wildman–Crippen LogP) is 3.91. The first kappa shape index (κ1) is 19.8. The number of nitrogens with zero attached hydrogens (tertiary/aromatic N) is 1. The van der Waals surface area contributed by atoms with Crippen LogP contribution in [-0.2, 0) is 11.3 Å². The van der Waals surface area contributed by atoms with Gasteiger partial charge in [0, 0.05) is 11.9 Å². The number of hydrogen-bond donors (Lipinski definition) is 1. The molecule has 4 nitrogen and oxygen atoms in total. The summed E-state index contributed by atoms with van der Waals surface area (Å²) in [6, 6.07) is 10.2. The van der Waals surface area contributed by atoms with Gasteiger partial charge in [-0.3, -0.25) is 9.59 Å². The Morgan fingerprint density at radius 1 is 1.28 bits per heavy atom. The highest BCUT2D eigenvalue weighted by atomic mass is 35.5. The van der Waals surface area contributed by atoms with E-state index in [2.05, 4.69) is 5.32 Å². The number of benzene rings is 1. The van der Waals surface area contributed by atoms with Crippen molar-refractivity contribution in [3.63, 3.8) is 0 Å². The molecule has 1 aromatic carbocycles. The third-order valence-electron chi connectivity index (χ3n) is 3.68. The van der Waals surface area contributed by atoms with Crippen molar-refractivity contribution >= 4 is 46.5 Å². The highest BCUT2D eigenvalue weighted by Gasteiger charge is 2.25. The van der Waals surface area contributed by atoms with Crippen LogP contribution in [0.15, 0.2) is 41.8 Å². The summed E-state index contributed by atoms with van der Waals surface area (Å²) in [6.45, 7) is 0.536. The van der Waals surface area contributed by atoms with E-state index in [-0.39, 0.29) is 11.8 Å². The Morgan fingerprint density at radius 2 is 2.04 bits per heavy atom. The van der Waals surface area contributed by atoms with Gasteiger partial charge in [0.15, 0.2) is 0 Å². The van der Waals surface area contributed by atoms with E-state index in [0.717, 1.165) is 10.6 Å². The molecule has 0 aliphatic carbocycles. The van der Waals surface area contributed by atoms with E-state index in [1.165, 1.54) is 0 Å². The Balaban J connectivity index is 2.07. The maximum atomic E-state index is 12.8. The van der Waals surface area contributed by atoms with Crippen LogP contribution in [0.3, 0.4) is 0 Å². The van der Waals surface area contributed by atoms with Crippen molar-refractivity contribution in [2.75, 3.05) is 19.1 Å². The van der Waals surface area contributed by atoms with Crippen molar-refractivity contribution in [2.45, 2.75) is 19.0 Å². The summed E-state index contributed by atoms with van der Waals surface area (Å²) in [6.07, 6.45) is 2.55. The smallest absolute Gasteiger partial charge is 0.253 e. The van der Waals surface area contributed by atoms with Crippen LogP contribution in [-0.4, -0.2) is 41.8 Å². The van der Waals surface area contributed by atoms with Gasteiger partial charge in [-0.25, -0.2) is 0 Å². The van der Waals surface area contributed by atoms with Crippen LogP contribution in [0.2, 0.25) is 5.02 Å². The van der Waals surface area contributed by atoms with Crippen LogP contribution in [0.25, 0.3) is 0 Å². The summed E-state index contributed by atoms with van der Waals surface area (Å²) < 4.78 is 0. The van der Waals surface area contributed by atoms with Gasteiger partial charge in [0.1, 0.15) is 6.04 Å². The number of amides is 2. The molecule has 0 aliphatic heterocycles. The number of carbonyl (C=O) groups is 2. The number of thiophene rings is 1. The second kappa shape index (κ2) is 9.85.